The zero-order valence-electron chi connectivity index (χ0n) is 17.8. The first-order chi connectivity index (χ1) is 15.4. The van der Waals surface area contributed by atoms with Gasteiger partial charge in [0.1, 0.15) is 5.82 Å². The van der Waals surface area contributed by atoms with Gasteiger partial charge in [-0.3, -0.25) is 13.9 Å². The molecule has 0 radical (unpaired) electrons. The van der Waals surface area contributed by atoms with Crippen LogP contribution in [0.1, 0.15) is 16.1 Å². The van der Waals surface area contributed by atoms with Crippen molar-refractivity contribution in [3.05, 3.63) is 71.9 Å². The molecule has 1 aliphatic heterocycles. The molecule has 32 heavy (non-hydrogen) atoms. The molecule has 8 nitrogen and oxygen atoms in total. The molecular weight excluding hydrogens is 428 g/mol. The maximum Gasteiger partial charge on any atom is 0.255 e. The van der Waals surface area contributed by atoms with Crippen molar-refractivity contribution in [2.45, 2.75) is 5.75 Å². The Labute approximate surface area is 188 Å². The van der Waals surface area contributed by atoms with Crippen LogP contribution in [0.4, 0.5) is 11.5 Å². The molecule has 0 atom stereocenters. The van der Waals surface area contributed by atoms with Crippen molar-refractivity contribution >= 4 is 28.0 Å². The number of hydrogen-bond acceptors (Lipinski definition) is 7. The Balaban J connectivity index is 1.58. The van der Waals surface area contributed by atoms with Crippen LogP contribution in [0.25, 0.3) is 11.4 Å². The van der Waals surface area contributed by atoms with Gasteiger partial charge in [-0.25, -0.2) is 9.97 Å². The van der Waals surface area contributed by atoms with E-state index < -0.39 is 10.6 Å². The van der Waals surface area contributed by atoms with Gasteiger partial charge in [-0.15, -0.1) is 0 Å². The van der Waals surface area contributed by atoms with Gasteiger partial charge in [0.25, 0.3) is 5.91 Å². The fourth-order valence-electron chi connectivity index (χ4n) is 3.42. The SMILES string of the molecule is CS(O)(O)Cc1cc(N2CCOCC2)nc(-c2ccc(NC(=O)c3ccccc3)cc2)n1. The van der Waals surface area contributed by atoms with Gasteiger partial charge >= 0.3 is 0 Å². The highest BCUT2D eigenvalue weighted by Crippen LogP contribution is 2.38. The molecule has 0 bridgehead atoms. The molecule has 3 N–H and O–H groups in total. The predicted octanol–water partition coefficient (Wildman–Crippen LogP) is 4.11. The Bertz CT molecular complexity index is 1070. The van der Waals surface area contributed by atoms with E-state index in [0.717, 1.165) is 11.4 Å². The minimum Gasteiger partial charge on any atom is -0.378 e. The number of carbonyl (C=O) groups is 1. The number of carbonyl (C=O) groups excluding carboxylic acids is 1. The number of amides is 1. The molecule has 1 amide bonds. The van der Waals surface area contributed by atoms with E-state index in [2.05, 4.69) is 15.2 Å². The largest absolute Gasteiger partial charge is 0.378 e. The number of hydrogen-bond donors (Lipinski definition) is 3. The Morgan fingerprint density at radius 2 is 1.75 bits per heavy atom. The van der Waals surface area contributed by atoms with E-state index in [1.807, 2.05) is 30.3 Å². The Morgan fingerprint density at radius 3 is 2.41 bits per heavy atom. The minimum absolute atomic E-state index is 0.0606. The van der Waals surface area contributed by atoms with Crippen LogP contribution in [0.5, 0.6) is 0 Å². The van der Waals surface area contributed by atoms with Crippen LogP contribution in [-0.2, 0) is 10.5 Å². The average molecular weight is 455 g/mol. The standard InChI is InChI=1S/C23H26N4O4S/c1-32(29,30)16-20-15-21(27-11-13-31-14-12-27)26-22(24-20)17-7-9-19(10-8-17)25-23(28)18-5-3-2-4-6-18/h2-10,15,29-30H,11-14,16H2,1H3,(H,25,28). The summed E-state index contributed by atoms with van der Waals surface area (Å²) >= 11 is 0. The molecular formula is C23H26N4O4S. The second kappa shape index (κ2) is 9.66. The number of nitrogens with zero attached hydrogens (tertiary/aromatic N) is 3. The highest BCUT2D eigenvalue weighted by Gasteiger charge is 2.18. The lowest BCUT2D eigenvalue weighted by atomic mass is 10.1. The first-order valence-corrected chi connectivity index (χ1v) is 12.4. The highest BCUT2D eigenvalue weighted by atomic mass is 32.3. The fraction of sp³-hybridized carbons (Fsp3) is 0.261. The molecule has 1 fully saturated rings. The number of benzene rings is 2. The normalized spacial score (nSPS) is 14.8. The van der Waals surface area contributed by atoms with Crippen LogP contribution >= 0.6 is 10.6 Å². The quantitative estimate of drug-likeness (QED) is 0.514. The molecule has 2 heterocycles. The molecule has 4 rings (SSSR count). The third-order valence-electron chi connectivity index (χ3n) is 4.96. The summed E-state index contributed by atoms with van der Waals surface area (Å²) in [4.78, 5) is 23.8. The zero-order chi connectivity index (χ0) is 22.6. The summed E-state index contributed by atoms with van der Waals surface area (Å²) in [5.74, 6) is 1.11. The van der Waals surface area contributed by atoms with E-state index >= 15 is 0 Å². The smallest absolute Gasteiger partial charge is 0.255 e. The van der Waals surface area contributed by atoms with E-state index in [1.165, 1.54) is 6.26 Å². The van der Waals surface area contributed by atoms with E-state index in [4.69, 9.17) is 9.72 Å². The maximum absolute atomic E-state index is 12.4. The molecule has 0 aliphatic carbocycles. The van der Waals surface area contributed by atoms with Crippen molar-refractivity contribution < 1.29 is 18.6 Å². The third kappa shape index (κ3) is 5.83. The predicted molar refractivity (Wildman–Crippen MR) is 127 cm³/mol. The van der Waals surface area contributed by atoms with Crippen molar-refractivity contribution in [2.24, 2.45) is 0 Å². The maximum atomic E-state index is 12.4. The number of ether oxygens (including phenoxy) is 1. The summed E-state index contributed by atoms with van der Waals surface area (Å²) in [6.07, 6.45) is 1.41. The van der Waals surface area contributed by atoms with Crippen LogP contribution in [0.3, 0.4) is 0 Å². The summed E-state index contributed by atoms with van der Waals surface area (Å²) in [7, 11) is -2.75. The number of anilines is 2. The number of morpholine rings is 1. The molecule has 0 spiro atoms. The lowest BCUT2D eigenvalue weighted by Crippen LogP contribution is -2.37. The molecule has 2 aromatic carbocycles. The Kier molecular flexibility index (Phi) is 6.71. The van der Waals surface area contributed by atoms with Crippen molar-refractivity contribution in [1.82, 2.24) is 9.97 Å². The van der Waals surface area contributed by atoms with Gasteiger partial charge in [-0.2, -0.15) is 10.6 Å². The van der Waals surface area contributed by atoms with Crippen LogP contribution in [-0.4, -0.2) is 57.5 Å². The van der Waals surface area contributed by atoms with Gasteiger partial charge in [-0.05, 0) is 36.4 Å². The molecule has 3 aromatic rings. The summed E-state index contributed by atoms with van der Waals surface area (Å²) < 4.78 is 25.3. The van der Waals surface area contributed by atoms with Crippen molar-refractivity contribution in [1.29, 1.82) is 0 Å². The molecule has 1 aliphatic rings. The van der Waals surface area contributed by atoms with Crippen LogP contribution in [0, 0.1) is 0 Å². The second-order valence-electron chi connectivity index (χ2n) is 7.68. The fourth-order valence-corrected chi connectivity index (χ4v) is 4.12. The molecule has 0 unspecified atom stereocenters. The summed E-state index contributed by atoms with van der Waals surface area (Å²) in [5, 5.41) is 2.88. The van der Waals surface area contributed by atoms with Crippen molar-refractivity contribution in [3.8, 4) is 11.4 Å². The monoisotopic (exact) mass is 454 g/mol. The number of nitrogens with one attached hydrogen (secondary N) is 1. The van der Waals surface area contributed by atoms with Crippen molar-refractivity contribution in [2.75, 3.05) is 42.8 Å². The lowest BCUT2D eigenvalue weighted by Gasteiger charge is -2.30. The number of rotatable bonds is 6. The van der Waals surface area contributed by atoms with Gasteiger partial charge in [0.15, 0.2) is 5.82 Å². The van der Waals surface area contributed by atoms with Gasteiger partial charge in [0.2, 0.25) is 0 Å². The summed E-state index contributed by atoms with van der Waals surface area (Å²) in [5.41, 5.74) is 2.59. The highest BCUT2D eigenvalue weighted by molar-refractivity contribution is 8.23. The Morgan fingerprint density at radius 1 is 1.06 bits per heavy atom. The molecule has 1 aromatic heterocycles. The molecule has 1 saturated heterocycles. The van der Waals surface area contributed by atoms with Crippen LogP contribution < -0.4 is 10.2 Å². The van der Waals surface area contributed by atoms with E-state index in [9.17, 15) is 13.9 Å². The van der Waals surface area contributed by atoms with Gasteiger partial charge in [0.05, 0.1) is 24.7 Å². The lowest BCUT2D eigenvalue weighted by molar-refractivity contribution is 0.102. The zero-order valence-corrected chi connectivity index (χ0v) is 18.6. The first-order valence-electron chi connectivity index (χ1n) is 10.3. The van der Waals surface area contributed by atoms with Crippen LogP contribution in [0.15, 0.2) is 60.7 Å². The minimum atomic E-state index is -2.75. The van der Waals surface area contributed by atoms with E-state index in [1.54, 1.807) is 30.3 Å². The van der Waals surface area contributed by atoms with Gasteiger partial charge in [0, 0.05) is 42.2 Å². The van der Waals surface area contributed by atoms with Crippen LogP contribution in [0.2, 0.25) is 0 Å². The summed E-state index contributed by atoms with van der Waals surface area (Å²) in [6, 6.07) is 18.1. The van der Waals surface area contributed by atoms with E-state index in [-0.39, 0.29) is 11.7 Å². The van der Waals surface area contributed by atoms with Crippen molar-refractivity contribution in [3.63, 3.8) is 0 Å². The molecule has 0 saturated carbocycles. The van der Waals surface area contributed by atoms with Gasteiger partial charge in [-0.1, -0.05) is 18.2 Å². The Hall–Kier alpha value is -2.98. The molecule has 9 heteroatoms. The second-order valence-corrected chi connectivity index (χ2v) is 9.95. The third-order valence-corrected chi connectivity index (χ3v) is 5.80. The first kappa shape index (κ1) is 22.2. The average Bonchev–Trinajstić information content (AvgIpc) is 2.79. The topological polar surface area (TPSA) is 108 Å². The number of aromatic nitrogens is 2. The summed E-state index contributed by atoms with van der Waals surface area (Å²) in [6.45, 7) is 2.66. The molecule has 168 valence electrons. The van der Waals surface area contributed by atoms with Gasteiger partial charge < -0.3 is 15.0 Å². The van der Waals surface area contributed by atoms with E-state index in [0.29, 0.717) is 49.1 Å².